The van der Waals surface area contributed by atoms with E-state index in [0.717, 1.165) is 32.2 Å². The number of hydrogen-bond donors (Lipinski definition) is 2. The zero-order valence-electron chi connectivity index (χ0n) is 14.1. The standard InChI is InChI=1S/C17H31N3O/c1-5-16-13(2)19-20(14(16)3)11-7-6-10-17(4,12-21)18-15-8-9-15/h15,18,21H,5-12H2,1-4H3. The monoisotopic (exact) mass is 293 g/mol. The summed E-state index contributed by atoms with van der Waals surface area (Å²) in [6.07, 6.45) is 6.86. The fourth-order valence-corrected chi connectivity index (χ4v) is 3.16. The van der Waals surface area contributed by atoms with Gasteiger partial charge in [0.15, 0.2) is 0 Å². The second kappa shape index (κ2) is 6.93. The van der Waals surface area contributed by atoms with Gasteiger partial charge in [-0.1, -0.05) is 6.92 Å². The summed E-state index contributed by atoms with van der Waals surface area (Å²) >= 11 is 0. The van der Waals surface area contributed by atoms with Crippen molar-refractivity contribution in [3.8, 4) is 0 Å². The molecule has 1 atom stereocenters. The van der Waals surface area contributed by atoms with E-state index in [-0.39, 0.29) is 12.1 Å². The third-order valence-corrected chi connectivity index (χ3v) is 4.71. The minimum atomic E-state index is -0.106. The molecule has 0 radical (unpaired) electrons. The van der Waals surface area contributed by atoms with Gasteiger partial charge in [0.25, 0.3) is 0 Å². The van der Waals surface area contributed by atoms with E-state index in [1.54, 1.807) is 0 Å². The van der Waals surface area contributed by atoms with Gasteiger partial charge in [0.1, 0.15) is 0 Å². The van der Waals surface area contributed by atoms with Gasteiger partial charge in [-0.15, -0.1) is 0 Å². The molecular formula is C17H31N3O. The third-order valence-electron chi connectivity index (χ3n) is 4.71. The van der Waals surface area contributed by atoms with E-state index in [2.05, 4.69) is 42.8 Å². The molecule has 120 valence electrons. The number of aromatic nitrogens is 2. The van der Waals surface area contributed by atoms with Crippen molar-refractivity contribution >= 4 is 0 Å². The van der Waals surface area contributed by atoms with Crippen molar-refractivity contribution in [1.29, 1.82) is 0 Å². The summed E-state index contributed by atoms with van der Waals surface area (Å²) in [4.78, 5) is 0. The van der Waals surface area contributed by atoms with Crippen LogP contribution in [0.25, 0.3) is 0 Å². The molecule has 1 aromatic heterocycles. The van der Waals surface area contributed by atoms with Crippen molar-refractivity contribution in [2.45, 2.75) is 84.3 Å². The fraction of sp³-hybridized carbons (Fsp3) is 0.824. The van der Waals surface area contributed by atoms with Gasteiger partial charge < -0.3 is 10.4 Å². The van der Waals surface area contributed by atoms with Crippen molar-refractivity contribution in [1.82, 2.24) is 15.1 Å². The topological polar surface area (TPSA) is 50.1 Å². The molecule has 0 aliphatic heterocycles. The first-order valence-electron chi connectivity index (χ1n) is 8.40. The number of aliphatic hydroxyl groups excluding tert-OH is 1. The normalized spacial score (nSPS) is 18.0. The van der Waals surface area contributed by atoms with E-state index < -0.39 is 0 Å². The molecule has 0 bridgehead atoms. The Kier molecular flexibility index (Phi) is 5.44. The molecule has 0 spiro atoms. The Bertz CT molecular complexity index is 465. The summed E-state index contributed by atoms with van der Waals surface area (Å²) in [6, 6.07) is 0.644. The van der Waals surface area contributed by atoms with Gasteiger partial charge in [-0.2, -0.15) is 5.10 Å². The summed E-state index contributed by atoms with van der Waals surface area (Å²) in [7, 11) is 0. The predicted octanol–water partition coefficient (Wildman–Crippen LogP) is 2.74. The third kappa shape index (κ3) is 4.30. The van der Waals surface area contributed by atoms with Crippen LogP contribution in [0.2, 0.25) is 0 Å². The Labute approximate surface area is 128 Å². The average Bonchev–Trinajstić information content (AvgIpc) is 3.21. The van der Waals surface area contributed by atoms with Crippen LogP contribution in [0.15, 0.2) is 0 Å². The predicted molar refractivity (Wildman–Crippen MR) is 86.6 cm³/mol. The molecule has 21 heavy (non-hydrogen) atoms. The van der Waals surface area contributed by atoms with Gasteiger partial charge in [-0.25, -0.2) is 0 Å². The van der Waals surface area contributed by atoms with Crippen molar-refractivity contribution in [2.75, 3.05) is 6.61 Å². The van der Waals surface area contributed by atoms with Crippen LogP contribution in [0.3, 0.4) is 0 Å². The molecule has 1 aliphatic rings. The maximum atomic E-state index is 9.61. The van der Waals surface area contributed by atoms with E-state index in [9.17, 15) is 5.11 Å². The van der Waals surface area contributed by atoms with E-state index in [1.807, 2.05) is 0 Å². The molecule has 1 saturated carbocycles. The van der Waals surface area contributed by atoms with Gasteiger partial charge in [0.05, 0.1) is 12.3 Å². The summed E-state index contributed by atoms with van der Waals surface area (Å²) in [6.45, 7) is 9.82. The Morgan fingerprint density at radius 2 is 2.05 bits per heavy atom. The SMILES string of the molecule is CCc1c(C)nn(CCCCC(C)(CO)NC2CC2)c1C. The van der Waals surface area contributed by atoms with E-state index in [0.29, 0.717) is 6.04 Å². The second-order valence-electron chi connectivity index (χ2n) is 6.82. The molecular weight excluding hydrogens is 262 g/mol. The lowest BCUT2D eigenvalue weighted by Crippen LogP contribution is -2.46. The number of unbranched alkanes of at least 4 members (excludes halogenated alkanes) is 1. The van der Waals surface area contributed by atoms with Crippen LogP contribution in [0, 0.1) is 13.8 Å². The number of rotatable bonds is 9. The molecule has 1 heterocycles. The first kappa shape index (κ1) is 16.5. The Morgan fingerprint density at radius 3 is 2.57 bits per heavy atom. The van der Waals surface area contributed by atoms with Crippen LogP contribution in [0.1, 0.15) is 62.9 Å². The Morgan fingerprint density at radius 1 is 1.33 bits per heavy atom. The lowest BCUT2D eigenvalue weighted by molar-refractivity contribution is 0.160. The highest BCUT2D eigenvalue weighted by Crippen LogP contribution is 2.25. The van der Waals surface area contributed by atoms with Gasteiger partial charge in [-0.3, -0.25) is 4.68 Å². The van der Waals surface area contributed by atoms with E-state index in [4.69, 9.17) is 0 Å². The average molecular weight is 293 g/mol. The largest absolute Gasteiger partial charge is 0.394 e. The molecule has 0 saturated heterocycles. The summed E-state index contributed by atoms with van der Waals surface area (Å²) in [5.74, 6) is 0. The number of nitrogens with zero attached hydrogens (tertiary/aromatic N) is 2. The maximum absolute atomic E-state index is 9.61. The first-order chi connectivity index (χ1) is 9.99. The van der Waals surface area contributed by atoms with Gasteiger partial charge in [0.2, 0.25) is 0 Å². The van der Waals surface area contributed by atoms with E-state index >= 15 is 0 Å². The number of aryl methyl sites for hydroxylation is 2. The zero-order chi connectivity index (χ0) is 15.5. The number of aliphatic hydroxyl groups is 1. The summed E-state index contributed by atoms with van der Waals surface area (Å²) in [5.41, 5.74) is 3.78. The molecule has 0 amide bonds. The molecule has 1 aromatic rings. The van der Waals surface area contributed by atoms with Gasteiger partial charge in [-0.05, 0) is 64.9 Å². The van der Waals surface area contributed by atoms with Crippen molar-refractivity contribution in [2.24, 2.45) is 0 Å². The van der Waals surface area contributed by atoms with Crippen LogP contribution in [0.4, 0.5) is 0 Å². The second-order valence-corrected chi connectivity index (χ2v) is 6.82. The molecule has 1 fully saturated rings. The maximum Gasteiger partial charge on any atom is 0.0628 e. The minimum Gasteiger partial charge on any atom is -0.394 e. The number of hydrogen-bond acceptors (Lipinski definition) is 3. The molecule has 1 aliphatic carbocycles. The smallest absolute Gasteiger partial charge is 0.0628 e. The molecule has 4 nitrogen and oxygen atoms in total. The lowest BCUT2D eigenvalue weighted by Gasteiger charge is -2.29. The zero-order valence-corrected chi connectivity index (χ0v) is 14.1. The fourth-order valence-electron chi connectivity index (χ4n) is 3.16. The van der Waals surface area contributed by atoms with Crippen LogP contribution < -0.4 is 5.32 Å². The van der Waals surface area contributed by atoms with Crippen LogP contribution >= 0.6 is 0 Å². The molecule has 1 unspecified atom stereocenters. The minimum absolute atomic E-state index is 0.106. The van der Waals surface area contributed by atoms with Crippen molar-refractivity contribution in [3.05, 3.63) is 17.0 Å². The Balaban J connectivity index is 1.78. The van der Waals surface area contributed by atoms with Crippen molar-refractivity contribution < 1.29 is 5.11 Å². The van der Waals surface area contributed by atoms with E-state index in [1.165, 1.54) is 29.8 Å². The van der Waals surface area contributed by atoms with Crippen LogP contribution in [-0.4, -0.2) is 33.1 Å². The highest BCUT2D eigenvalue weighted by atomic mass is 16.3. The van der Waals surface area contributed by atoms with Crippen molar-refractivity contribution in [3.63, 3.8) is 0 Å². The quantitative estimate of drug-likeness (QED) is 0.688. The molecule has 2 rings (SSSR count). The lowest BCUT2D eigenvalue weighted by atomic mass is 9.95. The summed E-state index contributed by atoms with van der Waals surface area (Å²) in [5, 5.41) is 17.8. The van der Waals surface area contributed by atoms with Crippen LogP contribution in [0.5, 0.6) is 0 Å². The first-order valence-corrected chi connectivity index (χ1v) is 8.40. The van der Waals surface area contributed by atoms with Gasteiger partial charge in [0, 0.05) is 23.8 Å². The summed E-state index contributed by atoms with van der Waals surface area (Å²) < 4.78 is 2.15. The number of nitrogens with one attached hydrogen (secondary N) is 1. The van der Waals surface area contributed by atoms with Crippen LogP contribution in [-0.2, 0) is 13.0 Å². The van der Waals surface area contributed by atoms with Gasteiger partial charge >= 0.3 is 0 Å². The molecule has 0 aromatic carbocycles. The Hall–Kier alpha value is -0.870. The highest BCUT2D eigenvalue weighted by Gasteiger charge is 2.31. The molecule has 2 N–H and O–H groups in total. The highest BCUT2D eigenvalue weighted by molar-refractivity contribution is 5.24. The molecule has 4 heteroatoms.